The van der Waals surface area contributed by atoms with Gasteiger partial charge in [0, 0.05) is 50.6 Å². The average Bonchev–Trinajstić information content (AvgIpc) is 2.53. The Morgan fingerprint density at radius 2 is 1.45 bits per heavy atom. The Labute approximate surface area is 134 Å². The molecule has 2 aliphatic heterocycles. The van der Waals surface area contributed by atoms with Crippen LogP contribution in [0.3, 0.4) is 0 Å². The van der Waals surface area contributed by atoms with Gasteiger partial charge in [0.15, 0.2) is 0 Å². The Morgan fingerprint density at radius 3 is 1.91 bits per heavy atom. The summed E-state index contributed by atoms with van der Waals surface area (Å²) in [6, 6.07) is 0. The molecular formula is C17H31N3O2. The number of carbonyl (C=O) groups is 2. The number of hydrogen-bond acceptors (Lipinski definition) is 3. The molecule has 0 radical (unpaired) electrons. The molecule has 2 saturated heterocycles. The molecule has 2 rings (SSSR count). The van der Waals surface area contributed by atoms with E-state index in [0.717, 1.165) is 58.7 Å². The predicted octanol–water partition coefficient (Wildman–Crippen LogP) is 1.44. The van der Waals surface area contributed by atoms with Crippen molar-refractivity contribution in [2.24, 2.45) is 11.3 Å². The first-order valence-electron chi connectivity index (χ1n) is 8.63. The van der Waals surface area contributed by atoms with Crippen molar-refractivity contribution in [1.29, 1.82) is 0 Å². The molecule has 0 saturated carbocycles. The minimum Gasteiger partial charge on any atom is -0.342 e. The second-order valence-corrected chi connectivity index (χ2v) is 7.58. The largest absolute Gasteiger partial charge is 0.342 e. The van der Waals surface area contributed by atoms with Gasteiger partial charge in [-0.25, -0.2) is 0 Å². The first-order valence-corrected chi connectivity index (χ1v) is 8.63. The maximum atomic E-state index is 12.6. The van der Waals surface area contributed by atoms with E-state index in [1.54, 1.807) is 0 Å². The van der Waals surface area contributed by atoms with Crippen LogP contribution in [-0.4, -0.2) is 72.3 Å². The number of piperazine rings is 1. The Balaban J connectivity index is 1.82. The van der Waals surface area contributed by atoms with Crippen molar-refractivity contribution < 1.29 is 9.59 Å². The molecule has 126 valence electrons. The molecular weight excluding hydrogens is 278 g/mol. The van der Waals surface area contributed by atoms with Crippen molar-refractivity contribution in [2.75, 3.05) is 45.8 Å². The minimum absolute atomic E-state index is 0.109. The molecule has 2 amide bonds. The third kappa shape index (κ3) is 4.00. The lowest BCUT2D eigenvalue weighted by molar-refractivity contribution is -0.145. The van der Waals surface area contributed by atoms with Crippen LogP contribution < -0.4 is 0 Å². The zero-order valence-electron chi connectivity index (χ0n) is 14.6. The number of hydrogen-bond donors (Lipinski definition) is 0. The van der Waals surface area contributed by atoms with E-state index in [1.165, 1.54) is 0 Å². The number of rotatable bonds is 2. The quantitative estimate of drug-likeness (QED) is 0.775. The molecule has 2 aliphatic rings. The van der Waals surface area contributed by atoms with Gasteiger partial charge in [0.2, 0.25) is 11.8 Å². The molecule has 0 bridgehead atoms. The molecule has 2 fully saturated rings. The molecule has 0 unspecified atom stereocenters. The van der Waals surface area contributed by atoms with Gasteiger partial charge >= 0.3 is 0 Å². The van der Waals surface area contributed by atoms with Crippen molar-refractivity contribution in [3.8, 4) is 0 Å². The molecule has 0 atom stereocenters. The van der Waals surface area contributed by atoms with Crippen LogP contribution in [0.2, 0.25) is 0 Å². The van der Waals surface area contributed by atoms with Crippen molar-refractivity contribution in [3.63, 3.8) is 0 Å². The first kappa shape index (κ1) is 17.3. The summed E-state index contributed by atoms with van der Waals surface area (Å²) >= 11 is 0. The highest BCUT2D eigenvalue weighted by molar-refractivity contribution is 5.82. The number of likely N-dealkylation sites (N-methyl/N-ethyl adjacent to an activating group) is 1. The molecule has 0 aliphatic carbocycles. The lowest BCUT2D eigenvalue weighted by Crippen LogP contribution is -2.52. The van der Waals surface area contributed by atoms with E-state index < -0.39 is 0 Å². The number of amides is 2. The van der Waals surface area contributed by atoms with Gasteiger partial charge in [0.1, 0.15) is 0 Å². The smallest absolute Gasteiger partial charge is 0.227 e. The van der Waals surface area contributed by atoms with Crippen LogP contribution in [0, 0.1) is 11.3 Å². The van der Waals surface area contributed by atoms with Crippen LogP contribution in [0.1, 0.15) is 40.5 Å². The molecule has 0 N–H and O–H groups in total. The van der Waals surface area contributed by atoms with Gasteiger partial charge < -0.3 is 14.7 Å². The van der Waals surface area contributed by atoms with Crippen molar-refractivity contribution in [2.45, 2.75) is 40.5 Å². The van der Waals surface area contributed by atoms with Crippen molar-refractivity contribution >= 4 is 11.8 Å². The zero-order valence-corrected chi connectivity index (χ0v) is 14.6. The molecule has 22 heavy (non-hydrogen) atoms. The van der Waals surface area contributed by atoms with Crippen LogP contribution in [-0.2, 0) is 9.59 Å². The SMILES string of the molecule is CCN1CCN(C(=O)C2CCN(C(=O)C(C)(C)C)CC2)CC1. The summed E-state index contributed by atoms with van der Waals surface area (Å²) in [5.74, 6) is 0.616. The summed E-state index contributed by atoms with van der Waals surface area (Å²) in [5.41, 5.74) is -0.326. The molecule has 0 aromatic heterocycles. The number of likely N-dealkylation sites (tertiary alicyclic amines) is 1. The molecule has 5 heteroatoms. The summed E-state index contributed by atoms with van der Waals surface area (Å²) in [6.45, 7) is 14.2. The van der Waals surface area contributed by atoms with Gasteiger partial charge in [-0.2, -0.15) is 0 Å². The van der Waals surface area contributed by atoms with E-state index in [2.05, 4.69) is 11.8 Å². The zero-order chi connectivity index (χ0) is 16.3. The summed E-state index contributed by atoms with van der Waals surface area (Å²) in [7, 11) is 0. The van der Waals surface area contributed by atoms with E-state index in [4.69, 9.17) is 0 Å². The fourth-order valence-corrected chi connectivity index (χ4v) is 3.35. The average molecular weight is 309 g/mol. The van der Waals surface area contributed by atoms with E-state index in [-0.39, 0.29) is 17.2 Å². The van der Waals surface area contributed by atoms with Crippen LogP contribution in [0.4, 0.5) is 0 Å². The summed E-state index contributed by atoms with van der Waals surface area (Å²) < 4.78 is 0. The molecule has 5 nitrogen and oxygen atoms in total. The number of piperidine rings is 1. The monoisotopic (exact) mass is 309 g/mol. The van der Waals surface area contributed by atoms with Gasteiger partial charge in [-0.1, -0.05) is 27.7 Å². The topological polar surface area (TPSA) is 43.9 Å². The normalized spacial score (nSPS) is 22.0. The van der Waals surface area contributed by atoms with Crippen molar-refractivity contribution in [1.82, 2.24) is 14.7 Å². The van der Waals surface area contributed by atoms with Gasteiger partial charge in [0.05, 0.1) is 0 Å². The summed E-state index contributed by atoms with van der Waals surface area (Å²) in [6.07, 6.45) is 1.63. The first-order chi connectivity index (χ1) is 10.3. The Kier molecular flexibility index (Phi) is 5.48. The highest BCUT2D eigenvalue weighted by Gasteiger charge is 2.34. The highest BCUT2D eigenvalue weighted by Crippen LogP contribution is 2.25. The van der Waals surface area contributed by atoms with Gasteiger partial charge in [-0.3, -0.25) is 9.59 Å². The molecule has 0 spiro atoms. The molecule has 0 aromatic carbocycles. The van der Waals surface area contributed by atoms with Gasteiger partial charge in [-0.05, 0) is 19.4 Å². The van der Waals surface area contributed by atoms with Gasteiger partial charge in [-0.15, -0.1) is 0 Å². The fraction of sp³-hybridized carbons (Fsp3) is 0.882. The molecule has 0 aromatic rings. The van der Waals surface area contributed by atoms with Crippen molar-refractivity contribution in [3.05, 3.63) is 0 Å². The fourth-order valence-electron chi connectivity index (χ4n) is 3.35. The van der Waals surface area contributed by atoms with Crippen LogP contribution in [0.5, 0.6) is 0 Å². The molecule has 2 heterocycles. The third-order valence-corrected chi connectivity index (χ3v) is 4.90. The van der Waals surface area contributed by atoms with Crippen LogP contribution in [0.25, 0.3) is 0 Å². The standard InChI is InChI=1S/C17H31N3O2/c1-5-18-10-12-19(13-11-18)15(21)14-6-8-20(9-7-14)16(22)17(2,3)4/h14H,5-13H2,1-4H3. The number of nitrogens with zero attached hydrogens (tertiary/aromatic N) is 3. The van der Waals surface area contributed by atoms with E-state index >= 15 is 0 Å². The second-order valence-electron chi connectivity index (χ2n) is 7.58. The van der Waals surface area contributed by atoms with E-state index in [0.29, 0.717) is 5.91 Å². The van der Waals surface area contributed by atoms with Crippen LogP contribution >= 0.6 is 0 Å². The highest BCUT2D eigenvalue weighted by atomic mass is 16.2. The lowest BCUT2D eigenvalue weighted by atomic mass is 9.90. The predicted molar refractivity (Wildman–Crippen MR) is 87.5 cm³/mol. The third-order valence-electron chi connectivity index (χ3n) is 4.90. The Bertz CT molecular complexity index is 401. The summed E-state index contributed by atoms with van der Waals surface area (Å²) in [4.78, 5) is 31.3. The van der Waals surface area contributed by atoms with Crippen LogP contribution in [0.15, 0.2) is 0 Å². The maximum Gasteiger partial charge on any atom is 0.227 e. The number of carbonyl (C=O) groups excluding carboxylic acids is 2. The maximum absolute atomic E-state index is 12.6. The summed E-state index contributed by atoms with van der Waals surface area (Å²) in [5, 5.41) is 0. The van der Waals surface area contributed by atoms with Gasteiger partial charge in [0.25, 0.3) is 0 Å². The van der Waals surface area contributed by atoms with E-state index in [1.807, 2.05) is 30.6 Å². The van der Waals surface area contributed by atoms with E-state index in [9.17, 15) is 9.59 Å². The minimum atomic E-state index is -0.326. The Morgan fingerprint density at radius 1 is 0.909 bits per heavy atom. The second kappa shape index (κ2) is 6.99. The Hall–Kier alpha value is -1.10. The lowest BCUT2D eigenvalue weighted by Gasteiger charge is -2.39.